The molecule has 2 amide bonds. The number of anilines is 1. The van der Waals surface area contributed by atoms with E-state index in [0.29, 0.717) is 6.54 Å². The predicted octanol–water partition coefficient (Wildman–Crippen LogP) is 5.09. The van der Waals surface area contributed by atoms with Crippen LogP contribution >= 0.6 is 0 Å². The summed E-state index contributed by atoms with van der Waals surface area (Å²) < 4.78 is 18.2. The fourth-order valence-corrected chi connectivity index (χ4v) is 5.66. The van der Waals surface area contributed by atoms with Crippen molar-refractivity contribution in [1.29, 1.82) is 0 Å². The molecule has 8 nitrogen and oxygen atoms in total. The third-order valence-corrected chi connectivity index (χ3v) is 7.56. The van der Waals surface area contributed by atoms with Gasteiger partial charge in [0, 0.05) is 18.8 Å². The first-order chi connectivity index (χ1) is 17.9. The number of nitrogens with zero attached hydrogens (tertiary/aromatic N) is 3. The van der Waals surface area contributed by atoms with Gasteiger partial charge in [0.2, 0.25) is 5.91 Å². The van der Waals surface area contributed by atoms with E-state index in [1.54, 1.807) is 0 Å². The highest BCUT2D eigenvalue weighted by molar-refractivity contribution is 5.86. The molecule has 0 saturated carbocycles. The lowest BCUT2D eigenvalue weighted by Crippen LogP contribution is -2.51. The van der Waals surface area contributed by atoms with Crippen molar-refractivity contribution in [2.75, 3.05) is 25.1 Å². The van der Waals surface area contributed by atoms with Gasteiger partial charge in [0.1, 0.15) is 17.7 Å². The molecule has 37 heavy (non-hydrogen) atoms. The summed E-state index contributed by atoms with van der Waals surface area (Å²) in [5.74, 6) is 0.331. The number of likely N-dealkylation sites (tertiary alicyclic amines) is 1. The van der Waals surface area contributed by atoms with Crippen LogP contribution in [0.25, 0.3) is 11.0 Å². The Hall–Kier alpha value is -3.62. The van der Waals surface area contributed by atoms with Crippen molar-refractivity contribution in [2.24, 2.45) is 5.92 Å². The molecule has 1 aromatic heterocycles. The Morgan fingerprint density at radius 1 is 1.08 bits per heavy atom. The normalized spacial score (nSPS) is 20.6. The van der Waals surface area contributed by atoms with Crippen LogP contribution in [0.15, 0.2) is 42.5 Å². The minimum Gasteiger partial charge on any atom is -0.453 e. The number of H-pyrrole nitrogens is 1. The molecule has 2 fully saturated rings. The molecule has 9 heteroatoms. The Morgan fingerprint density at radius 3 is 2.54 bits per heavy atom. The largest absolute Gasteiger partial charge is 0.453 e. The highest BCUT2D eigenvalue weighted by Gasteiger charge is 2.37. The number of rotatable bonds is 6. The maximum atomic E-state index is 13.5. The molecule has 2 N–H and O–H groups in total. The highest BCUT2D eigenvalue weighted by atomic mass is 19.1. The first-order valence-corrected chi connectivity index (χ1v) is 13.0. The number of carbonyl (C=O) groups excluding carboxylic acids is 2. The summed E-state index contributed by atoms with van der Waals surface area (Å²) in [4.78, 5) is 37.8. The summed E-state index contributed by atoms with van der Waals surface area (Å²) in [7, 11) is 1.29. The van der Waals surface area contributed by atoms with Gasteiger partial charge in [-0.05, 0) is 73.6 Å². The van der Waals surface area contributed by atoms with Crippen LogP contribution in [0.5, 0.6) is 0 Å². The van der Waals surface area contributed by atoms with E-state index < -0.39 is 12.1 Å². The number of carbonyl (C=O) groups is 2. The second kappa shape index (κ2) is 10.4. The van der Waals surface area contributed by atoms with Crippen molar-refractivity contribution in [2.45, 2.75) is 57.7 Å². The number of benzene rings is 2. The van der Waals surface area contributed by atoms with E-state index in [9.17, 15) is 14.0 Å². The maximum absolute atomic E-state index is 13.5. The summed E-state index contributed by atoms with van der Waals surface area (Å²) >= 11 is 0. The van der Waals surface area contributed by atoms with Crippen LogP contribution in [-0.4, -0.2) is 53.1 Å². The third kappa shape index (κ3) is 4.99. The van der Waals surface area contributed by atoms with E-state index in [4.69, 9.17) is 9.72 Å². The lowest BCUT2D eigenvalue weighted by Gasteiger charge is -2.29. The minimum absolute atomic E-state index is 0.0819. The molecule has 0 aliphatic carbocycles. The lowest BCUT2D eigenvalue weighted by molar-refractivity contribution is -0.135. The van der Waals surface area contributed by atoms with Crippen molar-refractivity contribution < 1.29 is 18.7 Å². The van der Waals surface area contributed by atoms with Gasteiger partial charge in [-0.1, -0.05) is 19.9 Å². The molecule has 2 aliphatic rings. The number of ether oxygens (including phenoxy) is 1. The fourth-order valence-electron chi connectivity index (χ4n) is 5.66. The van der Waals surface area contributed by atoms with E-state index in [-0.39, 0.29) is 29.7 Å². The molecule has 2 aliphatic heterocycles. The van der Waals surface area contributed by atoms with Crippen LogP contribution in [0, 0.1) is 11.7 Å². The second-order valence-corrected chi connectivity index (χ2v) is 10.3. The molecule has 0 spiro atoms. The Kier molecular flexibility index (Phi) is 7.04. The SMILES string of the molecule is COC(=O)NC(C(=O)N1CCC[C@H]1c1nc2cc([C@H]3CCCN3c3ccc(F)cc3)ccc2[nH]1)C(C)C. The van der Waals surface area contributed by atoms with Crippen LogP contribution in [0.1, 0.15) is 63.0 Å². The molecule has 5 rings (SSSR count). The molecule has 3 aromatic rings. The molecule has 2 aromatic carbocycles. The lowest BCUT2D eigenvalue weighted by atomic mass is 10.0. The van der Waals surface area contributed by atoms with E-state index in [0.717, 1.165) is 54.8 Å². The summed E-state index contributed by atoms with van der Waals surface area (Å²) in [6.07, 6.45) is 3.16. The molecule has 1 unspecified atom stereocenters. The van der Waals surface area contributed by atoms with Gasteiger partial charge in [0.05, 0.1) is 30.2 Å². The van der Waals surface area contributed by atoms with Crippen molar-refractivity contribution >= 4 is 28.7 Å². The number of hydrogen-bond acceptors (Lipinski definition) is 5. The number of alkyl carbamates (subject to hydrolysis) is 1. The zero-order chi connectivity index (χ0) is 26.1. The van der Waals surface area contributed by atoms with Crippen molar-refractivity contribution in [3.63, 3.8) is 0 Å². The van der Waals surface area contributed by atoms with E-state index >= 15 is 0 Å². The Morgan fingerprint density at radius 2 is 1.81 bits per heavy atom. The highest BCUT2D eigenvalue weighted by Crippen LogP contribution is 2.38. The first kappa shape index (κ1) is 25.0. The monoisotopic (exact) mass is 507 g/mol. The molecule has 3 atom stereocenters. The van der Waals surface area contributed by atoms with Crippen LogP contribution < -0.4 is 10.2 Å². The van der Waals surface area contributed by atoms with Crippen molar-refractivity contribution in [3.05, 3.63) is 59.7 Å². The summed E-state index contributed by atoms with van der Waals surface area (Å²) in [6.45, 7) is 5.36. The average Bonchev–Trinajstić information content (AvgIpc) is 3.65. The summed E-state index contributed by atoms with van der Waals surface area (Å²) in [6, 6.07) is 12.4. The zero-order valence-electron chi connectivity index (χ0n) is 21.5. The topological polar surface area (TPSA) is 90.6 Å². The molecule has 2 saturated heterocycles. The number of imidazole rings is 1. The summed E-state index contributed by atoms with van der Waals surface area (Å²) in [5, 5.41) is 2.69. The Bertz CT molecular complexity index is 1270. The van der Waals surface area contributed by atoms with E-state index in [1.165, 1.54) is 24.8 Å². The van der Waals surface area contributed by atoms with Gasteiger partial charge >= 0.3 is 6.09 Å². The molecule has 3 heterocycles. The van der Waals surface area contributed by atoms with E-state index in [2.05, 4.69) is 33.4 Å². The van der Waals surface area contributed by atoms with Gasteiger partial charge in [-0.25, -0.2) is 14.2 Å². The molecule has 0 bridgehead atoms. The third-order valence-electron chi connectivity index (χ3n) is 7.56. The molecule has 196 valence electrons. The Labute approximate surface area is 216 Å². The first-order valence-electron chi connectivity index (χ1n) is 13.0. The van der Waals surface area contributed by atoms with Crippen molar-refractivity contribution in [3.8, 4) is 0 Å². The van der Waals surface area contributed by atoms with Gasteiger partial charge in [-0.15, -0.1) is 0 Å². The Balaban J connectivity index is 1.38. The fraction of sp³-hybridized carbons (Fsp3) is 0.464. The second-order valence-electron chi connectivity index (χ2n) is 10.3. The number of fused-ring (bicyclic) bond motifs is 1. The van der Waals surface area contributed by atoms with Gasteiger partial charge < -0.3 is 24.8 Å². The molecular weight excluding hydrogens is 473 g/mol. The number of amides is 2. The van der Waals surface area contributed by atoms with Crippen molar-refractivity contribution in [1.82, 2.24) is 20.2 Å². The van der Waals surface area contributed by atoms with Crippen LogP contribution in [0.4, 0.5) is 14.9 Å². The van der Waals surface area contributed by atoms with Crippen LogP contribution in [0.3, 0.4) is 0 Å². The van der Waals surface area contributed by atoms with Gasteiger partial charge in [0.25, 0.3) is 0 Å². The van der Waals surface area contributed by atoms with Crippen LogP contribution in [0.2, 0.25) is 0 Å². The van der Waals surface area contributed by atoms with E-state index in [1.807, 2.05) is 30.9 Å². The maximum Gasteiger partial charge on any atom is 0.407 e. The predicted molar refractivity (Wildman–Crippen MR) is 140 cm³/mol. The number of nitrogens with one attached hydrogen (secondary N) is 2. The van der Waals surface area contributed by atoms with Gasteiger partial charge in [-0.2, -0.15) is 0 Å². The quantitative estimate of drug-likeness (QED) is 0.485. The number of halogens is 1. The average molecular weight is 508 g/mol. The number of aromatic nitrogens is 2. The minimum atomic E-state index is -0.663. The standard InChI is InChI=1S/C28H34FN5O3/c1-17(2)25(32-28(36)37-3)27(35)34-15-5-7-24(34)26-30-21-13-8-18(16-22(21)31-26)23-6-4-14-33(23)20-11-9-19(29)10-12-20/h8-13,16-17,23-25H,4-7,14-15H2,1-3H3,(H,30,31)(H,32,36)/t23-,24+,25?/m1/s1. The number of methoxy groups -OCH3 is 1. The molecule has 0 radical (unpaired) electrons. The summed E-state index contributed by atoms with van der Waals surface area (Å²) in [5.41, 5.74) is 3.99. The van der Waals surface area contributed by atoms with Gasteiger partial charge in [0.15, 0.2) is 0 Å². The smallest absolute Gasteiger partial charge is 0.407 e. The number of aromatic amines is 1. The zero-order valence-corrected chi connectivity index (χ0v) is 21.5. The number of hydrogen-bond donors (Lipinski definition) is 2. The molecular formula is C28H34FN5O3. The van der Waals surface area contributed by atoms with Crippen LogP contribution in [-0.2, 0) is 9.53 Å². The van der Waals surface area contributed by atoms with Gasteiger partial charge in [-0.3, -0.25) is 4.79 Å².